The van der Waals surface area contributed by atoms with Gasteiger partial charge in [0.05, 0.1) is 0 Å². The highest BCUT2D eigenvalue weighted by Gasteiger charge is 2.28. The van der Waals surface area contributed by atoms with Crippen LogP contribution in [0.15, 0.2) is 0 Å². The lowest BCUT2D eigenvalue weighted by Crippen LogP contribution is -2.43. The van der Waals surface area contributed by atoms with E-state index in [1.807, 2.05) is 0 Å². The summed E-state index contributed by atoms with van der Waals surface area (Å²) in [6, 6.07) is -0.889. The lowest BCUT2D eigenvalue weighted by molar-refractivity contribution is -0.142. The van der Waals surface area contributed by atoms with Gasteiger partial charge in [-0.1, -0.05) is 0 Å². The summed E-state index contributed by atoms with van der Waals surface area (Å²) >= 11 is 0. The van der Waals surface area contributed by atoms with Crippen LogP contribution in [0, 0.1) is 11.8 Å². The predicted octanol–water partition coefficient (Wildman–Crippen LogP) is 0.753. The summed E-state index contributed by atoms with van der Waals surface area (Å²) in [6.07, 6.45) is 3.48. The monoisotopic (exact) mass is 342 g/mol. The van der Waals surface area contributed by atoms with Gasteiger partial charge < -0.3 is 20.8 Å². The average Bonchev–Trinajstić information content (AvgIpc) is 2.52. The summed E-state index contributed by atoms with van der Waals surface area (Å²) in [5, 5.41) is 22.6. The van der Waals surface area contributed by atoms with E-state index in [2.05, 4.69) is 10.6 Å². The van der Waals surface area contributed by atoms with Gasteiger partial charge in [-0.3, -0.25) is 19.2 Å². The van der Waals surface area contributed by atoms with Crippen molar-refractivity contribution in [3.05, 3.63) is 0 Å². The standard InChI is InChI=1S/C16H26N2O6/c1-10(16(23)24)18-15(22)12-7-5-11(6-8-12)9-17-13(19)3-2-4-14(20)21/h10-12H,2-9H2,1H3,(H,17,19)(H,18,22)(H,20,21)(H,23,24)/t10-,11-,12+/m0/s1. The van der Waals surface area contributed by atoms with E-state index < -0.39 is 18.0 Å². The highest BCUT2D eigenvalue weighted by atomic mass is 16.4. The van der Waals surface area contributed by atoms with Crippen LogP contribution in [0.3, 0.4) is 0 Å². The van der Waals surface area contributed by atoms with Crippen molar-refractivity contribution in [3.63, 3.8) is 0 Å². The molecule has 1 aliphatic rings. The molecule has 0 aliphatic heterocycles. The first-order valence-corrected chi connectivity index (χ1v) is 8.31. The fraction of sp³-hybridized carbons (Fsp3) is 0.750. The van der Waals surface area contributed by atoms with Crippen molar-refractivity contribution in [1.82, 2.24) is 10.6 Å². The number of carbonyl (C=O) groups excluding carboxylic acids is 2. The second-order valence-electron chi connectivity index (χ2n) is 6.34. The third kappa shape index (κ3) is 7.43. The molecule has 0 heterocycles. The maximum absolute atomic E-state index is 12.0. The van der Waals surface area contributed by atoms with Gasteiger partial charge in [0.15, 0.2) is 0 Å². The van der Waals surface area contributed by atoms with Crippen LogP contribution in [-0.2, 0) is 19.2 Å². The minimum absolute atomic E-state index is 0.0115. The lowest BCUT2D eigenvalue weighted by atomic mass is 9.81. The zero-order valence-corrected chi connectivity index (χ0v) is 13.9. The number of nitrogens with one attached hydrogen (secondary N) is 2. The molecule has 8 nitrogen and oxygen atoms in total. The predicted molar refractivity (Wildman–Crippen MR) is 85.2 cm³/mol. The van der Waals surface area contributed by atoms with Gasteiger partial charge in [0.1, 0.15) is 6.04 Å². The molecular formula is C16H26N2O6. The molecule has 1 rings (SSSR count). The van der Waals surface area contributed by atoms with Gasteiger partial charge in [0, 0.05) is 25.3 Å². The summed E-state index contributed by atoms with van der Waals surface area (Å²) in [5.41, 5.74) is 0. The van der Waals surface area contributed by atoms with Crippen LogP contribution in [-0.4, -0.2) is 46.6 Å². The summed E-state index contributed by atoms with van der Waals surface area (Å²) < 4.78 is 0. The van der Waals surface area contributed by atoms with E-state index in [0.717, 1.165) is 12.8 Å². The number of aliphatic carboxylic acids is 2. The van der Waals surface area contributed by atoms with E-state index in [-0.39, 0.29) is 30.6 Å². The summed E-state index contributed by atoms with van der Waals surface area (Å²) in [5.74, 6) is -2.20. The number of carboxylic acid groups (broad SMARTS) is 2. The van der Waals surface area contributed by atoms with E-state index in [0.29, 0.717) is 31.7 Å². The molecule has 1 atom stereocenters. The van der Waals surface area contributed by atoms with Crippen molar-refractivity contribution in [3.8, 4) is 0 Å². The Morgan fingerprint density at radius 2 is 1.67 bits per heavy atom. The molecule has 2 amide bonds. The van der Waals surface area contributed by atoms with Crippen LogP contribution in [0.1, 0.15) is 51.9 Å². The van der Waals surface area contributed by atoms with E-state index in [9.17, 15) is 19.2 Å². The number of hydrogen-bond donors (Lipinski definition) is 4. The molecule has 0 saturated heterocycles. The van der Waals surface area contributed by atoms with Crippen LogP contribution in [0.2, 0.25) is 0 Å². The topological polar surface area (TPSA) is 133 Å². The number of carboxylic acids is 2. The molecule has 24 heavy (non-hydrogen) atoms. The molecule has 0 aromatic rings. The van der Waals surface area contributed by atoms with Crippen molar-refractivity contribution in [1.29, 1.82) is 0 Å². The molecule has 0 aromatic heterocycles. The number of rotatable bonds is 9. The second-order valence-corrected chi connectivity index (χ2v) is 6.34. The highest BCUT2D eigenvalue weighted by Crippen LogP contribution is 2.28. The molecule has 0 spiro atoms. The Morgan fingerprint density at radius 3 is 2.21 bits per heavy atom. The molecule has 0 bridgehead atoms. The van der Waals surface area contributed by atoms with Gasteiger partial charge in [-0.15, -0.1) is 0 Å². The molecule has 1 saturated carbocycles. The first kappa shape index (κ1) is 19.9. The molecule has 1 fully saturated rings. The van der Waals surface area contributed by atoms with E-state index in [1.54, 1.807) is 0 Å². The normalized spacial score (nSPS) is 21.5. The minimum Gasteiger partial charge on any atom is -0.481 e. The van der Waals surface area contributed by atoms with Crippen molar-refractivity contribution in [2.75, 3.05) is 6.54 Å². The molecule has 0 unspecified atom stereocenters. The van der Waals surface area contributed by atoms with Crippen LogP contribution < -0.4 is 10.6 Å². The molecule has 0 aromatic carbocycles. The van der Waals surface area contributed by atoms with Gasteiger partial charge in [-0.25, -0.2) is 0 Å². The average molecular weight is 342 g/mol. The number of carbonyl (C=O) groups is 4. The molecule has 1 aliphatic carbocycles. The first-order valence-electron chi connectivity index (χ1n) is 8.31. The van der Waals surface area contributed by atoms with Crippen molar-refractivity contribution >= 4 is 23.8 Å². The van der Waals surface area contributed by atoms with E-state index in [1.165, 1.54) is 6.92 Å². The number of hydrogen-bond acceptors (Lipinski definition) is 4. The maximum atomic E-state index is 12.0. The van der Waals surface area contributed by atoms with Gasteiger partial charge >= 0.3 is 11.9 Å². The zero-order chi connectivity index (χ0) is 18.1. The first-order chi connectivity index (χ1) is 11.3. The molecule has 0 radical (unpaired) electrons. The van der Waals surface area contributed by atoms with Crippen LogP contribution in [0.4, 0.5) is 0 Å². The van der Waals surface area contributed by atoms with Gasteiger partial charge in [0.25, 0.3) is 0 Å². The fourth-order valence-corrected chi connectivity index (χ4v) is 2.77. The van der Waals surface area contributed by atoms with Crippen molar-refractivity contribution in [2.24, 2.45) is 11.8 Å². The van der Waals surface area contributed by atoms with Crippen LogP contribution in [0.25, 0.3) is 0 Å². The number of amides is 2. The second kappa shape index (κ2) is 9.89. The third-order valence-corrected chi connectivity index (χ3v) is 4.33. The largest absolute Gasteiger partial charge is 0.481 e. The Morgan fingerprint density at radius 1 is 1.04 bits per heavy atom. The smallest absolute Gasteiger partial charge is 0.325 e. The van der Waals surface area contributed by atoms with Gasteiger partial charge in [-0.05, 0) is 44.9 Å². The van der Waals surface area contributed by atoms with Gasteiger partial charge in [-0.2, -0.15) is 0 Å². The Balaban J connectivity index is 2.21. The zero-order valence-electron chi connectivity index (χ0n) is 13.9. The Kier molecular flexibility index (Phi) is 8.21. The van der Waals surface area contributed by atoms with E-state index in [4.69, 9.17) is 10.2 Å². The van der Waals surface area contributed by atoms with E-state index >= 15 is 0 Å². The van der Waals surface area contributed by atoms with Crippen LogP contribution >= 0.6 is 0 Å². The van der Waals surface area contributed by atoms with Crippen LogP contribution in [0.5, 0.6) is 0 Å². The fourth-order valence-electron chi connectivity index (χ4n) is 2.77. The SMILES string of the molecule is C[C@H](NC(=O)[C@H]1CC[C@@H](CNC(=O)CCCC(=O)O)CC1)C(=O)O. The third-order valence-electron chi connectivity index (χ3n) is 4.33. The quantitative estimate of drug-likeness (QED) is 0.489. The highest BCUT2D eigenvalue weighted by molar-refractivity contribution is 5.84. The maximum Gasteiger partial charge on any atom is 0.325 e. The van der Waals surface area contributed by atoms with Crippen molar-refractivity contribution in [2.45, 2.75) is 57.9 Å². The lowest BCUT2D eigenvalue weighted by Gasteiger charge is -2.28. The molecule has 136 valence electrons. The minimum atomic E-state index is -1.05. The Bertz CT molecular complexity index is 471. The molecule has 4 N–H and O–H groups in total. The Hall–Kier alpha value is -2.12. The summed E-state index contributed by atoms with van der Waals surface area (Å²) in [6.45, 7) is 1.97. The Labute approximate surface area is 141 Å². The molecule has 8 heteroatoms. The van der Waals surface area contributed by atoms with Crippen molar-refractivity contribution < 1.29 is 29.4 Å². The summed E-state index contributed by atoms with van der Waals surface area (Å²) in [7, 11) is 0. The summed E-state index contributed by atoms with van der Waals surface area (Å²) in [4.78, 5) is 44.7. The van der Waals surface area contributed by atoms with Gasteiger partial charge in [0.2, 0.25) is 11.8 Å². The molecular weight excluding hydrogens is 316 g/mol.